The molecule has 2 unspecified atom stereocenters. The van der Waals surface area contributed by atoms with Gasteiger partial charge < -0.3 is 9.80 Å². The van der Waals surface area contributed by atoms with Crippen molar-refractivity contribution in [2.75, 3.05) is 45.8 Å². The average Bonchev–Trinajstić information content (AvgIpc) is 3.07. The van der Waals surface area contributed by atoms with E-state index in [2.05, 4.69) is 23.7 Å². The van der Waals surface area contributed by atoms with Crippen LogP contribution in [0.4, 0.5) is 0 Å². The first-order chi connectivity index (χ1) is 15.7. The van der Waals surface area contributed by atoms with Crippen molar-refractivity contribution in [2.24, 2.45) is 11.8 Å². The van der Waals surface area contributed by atoms with E-state index in [1.807, 2.05) is 23.6 Å². The molecule has 0 saturated carbocycles. The lowest BCUT2D eigenvalue weighted by Crippen LogP contribution is -2.53. The van der Waals surface area contributed by atoms with E-state index in [9.17, 15) is 14.4 Å². The Morgan fingerprint density at radius 3 is 2.36 bits per heavy atom. The highest BCUT2D eigenvalue weighted by Crippen LogP contribution is 2.25. The van der Waals surface area contributed by atoms with E-state index >= 15 is 0 Å². The summed E-state index contributed by atoms with van der Waals surface area (Å²) < 4.78 is 1.55. The van der Waals surface area contributed by atoms with Crippen LogP contribution in [-0.4, -0.2) is 81.9 Å². The Morgan fingerprint density at radius 1 is 1.03 bits per heavy atom. The van der Waals surface area contributed by atoms with Crippen molar-refractivity contribution < 1.29 is 9.59 Å². The maximum atomic E-state index is 12.8. The molecule has 2 fully saturated rings. The molecule has 4 rings (SSSR count). The first-order valence-corrected chi connectivity index (χ1v) is 12.8. The molecular weight excluding hydrogens is 438 g/mol. The van der Waals surface area contributed by atoms with Crippen molar-refractivity contribution in [3.05, 3.63) is 27.1 Å². The number of fused-ring (bicyclic) bond motifs is 1. The van der Waals surface area contributed by atoms with E-state index in [1.165, 1.54) is 17.8 Å². The maximum Gasteiger partial charge on any atom is 0.262 e. The van der Waals surface area contributed by atoms with Crippen LogP contribution in [0.15, 0.2) is 11.1 Å². The molecule has 2 atom stereocenters. The number of carbonyl (C=O) groups excluding carboxylic acids is 2. The van der Waals surface area contributed by atoms with E-state index in [1.54, 1.807) is 10.9 Å². The number of carbonyl (C=O) groups is 2. The van der Waals surface area contributed by atoms with Crippen LogP contribution in [0.2, 0.25) is 0 Å². The molecular formula is C24H35N5O3S. The molecule has 2 aromatic heterocycles. The molecule has 8 nitrogen and oxygen atoms in total. The zero-order chi connectivity index (χ0) is 23.7. The Hall–Kier alpha value is -2.26. The van der Waals surface area contributed by atoms with Crippen LogP contribution in [0.5, 0.6) is 0 Å². The number of rotatable bonds is 5. The molecule has 0 radical (unpaired) electrons. The minimum absolute atomic E-state index is 0.0462. The van der Waals surface area contributed by atoms with Gasteiger partial charge >= 0.3 is 0 Å². The van der Waals surface area contributed by atoms with E-state index < -0.39 is 0 Å². The predicted molar refractivity (Wildman–Crippen MR) is 131 cm³/mol. The molecule has 2 aliphatic heterocycles. The van der Waals surface area contributed by atoms with Crippen LogP contribution < -0.4 is 5.56 Å². The molecule has 2 amide bonds. The van der Waals surface area contributed by atoms with Crippen LogP contribution in [0.1, 0.15) is 37.1 Å². The molecule has 0 N–H and O–H groups in total. The van der Waals surface area contributed by atoms with Crippen molar-refractivity contribution in [3.8, 4) is 0 Å². The summed E-state index contributed by atoms with van der Waals surface area (Å²) in [5, 5.41) is 0.670. The summed E-state index contributed by atoms with van der Waals surface area (Å²) in [5.41, 5.74) is 0.909. The fourth-order valence-corrected chi connectivity index (χ4v) is 6.10. The zero-order valence-electron chi connectivity index (χ0n) is 20.2. The molecule has 0 bridgehead atoms. The summed E-state index contributed by atoms with van der Waals surface area (Å²) in [6.45, 7) is 13.5. The highest BCUT2D eigenvalue weighted by atomic mass is 32.1. The Bertz CT molecular complexity index is 1080. The van der Waals surface area contributed by atoms with Crippen LogP contribution in [0, 0.1) is 25.7 Å². The van der Waals surface area contributed by atoms with Gasteiger partial charge in [0.2, 0.25) is 11.8 Å². The van der Waals surface area contributed by atoms with Gasteiger partial charge in [0.25, 0.3) is 5.56 Å². The quantitative estimate of drug-likeness (QED) is 0.665. The van der Waals surface area contributed by atoms with Crippen molar-refractivity contribution >= 4 is 33.4 Å². The summed E-state index contributed by atoms with van der Waals surface area (Å²) in [7, 11) is 0. The SMILES string of the molecule is Cc1sc2ncn(CCC(=O)N3CCN(CC(=O)N4CC(C)CC(C)C4)CC3)c(=O)c2c1C. The van der Waals surface area contributed by atoms with Gasteiger partial charge in [0, 0.05) is 57.1 Å². The fraction of sp³-hybridized carbons (Fsp3) is 0.667. The number of likely N-dealkylation sites (tertiary alicyclic amines) is 1. The minimum Gasteiger partial charge on any atom is -0.341 e. The largest absolute Gasteiger partial charge is 0.341 e. The van der Waals surface area contributed by atoms with Gasteiger partial charge in [-0.3, -0.25) is 23.9 Å². The number of aryl methyl sites for hydroxylation is 3. The number of hydrogen-bond acceptors (Lipinski definition) is 6. The summed E-state index contributed by atoms with van der Waals surface area (Å²) >= 11 is 1.53. The number of thiophene rings is 1. The average molecular weight is 474 g/mol. The molecule has 9 heteroatoms. The summed E-state index contributed by atoms with van der Waals surface area (Å²) in [6, 6.07) is 0. The summed E-state index contributed by atoms with van der Waals surface area (Å²) in [5.74, 6) is 1.37. The third-order valence-electron chi connectivity index (χ3n) is 7.03. The molecule has 0 aliphatic carbocycles. The highest BCUT2D eigenvalue weighted by molar-refractivity contribution is 7.18. The second kappa shape index (κ2) is 9.93. The molecule has 0 spiro atoms. The Kier molecular flexibility index (Phi) is 7.19. The van der Waals surface area contributed by atoms with Crippen molar-refractivity contribution in [3.63, 3.8) is 0 Å². The molecule has 180 valence electrons. The first kappa shape index (κ1) is 23.9. The Balaban J connectivity index is 1.26. The molecule has 33 heavy (non-hydrogen) atoms. The van der Waals surface area contributed by atoms with Gasteiger partial charge in [-0.2, -0.15) is 0 Å². The normalized spacial score (nSPS) is 22.2. The number of piperidine rings is 1. The number of piperazine rings is 1. The lowest BCUT2D eigenvalue weighted by atomic mass is 9.92. The Morgan fingerprint density at radius 2 is 1.70 bits per heavy atom. The lowest BCUT2D eigenvalue weighted by molar-refractivity contribution is -0.137. The summed E-state index contributed by atoms with van der Waals surface area (Å²) in [4.78, 5) is 50.6. The van der Waals surface area contributed by atoms with Gasteiger partial charge in [0.15, 0.2) is 0 Å². The Labute approximate surface area is 199 Å². The van der Waals surface area contributed by atoms with Crippen LogP contribution >= 0.6 is 11.3 Å². The standard InChI is InChI=1S/C24H35N5O3S/c1-16-11-17(2)13-29(12-16)21(31)14-26-7-9-27(10-8-26)20(30)5-6-28-15-25-23-22(24(28)32)18(3)19(4)33-23/h15-17H,5-14H2,1-4H3. The molecule has 0 aromatic carbocycles. The van der Waals surface area contributed by atoms with E-state index in [4.69, 9.17) is 0 Å². The number of hydrogen-bond donors (Lipinski definition) is 0. The molecule has 2 aromatic rings. The predicted octanol–water partition coefficient (Wildman–Crippen LogP) is 2.11. The van der Waals surface area contributed by atoms with Crippen LogP contribution in [0.25, 0.3) is 10.2 Å². The minimum atomic E-state index is -0.0701. The van der Waals surface area contributed by atoms with Gasteiger partial charge in [-0.15, -0.1) is 11.3 Å². The lowest BCUT2D eigenvalue weighted by Gasteiger charge is -2.38. The van der Waals surface area contributed by atoms with Gasteiger partial charge in [0.1, 0.15) is 4.83 Å². The number of nitrogens with zero attached hydrogens (tertiary/aromatic N) is 5. The topological polar surface area (TPSA) is 78.8 Å². The third kappa shape index (κ3) is 5.30. The smallest absolute Gasteiger partial charge is 0.262 e. The van der Waals surface area contributed by atoms with Crippen molar-refractivity contribution in [1.82, 2.24) is 24.3 Å². The highest BCUT2D eigenvalue weighted by Gasteiger charge is 2.28. The van der Waals surface area contributed by atoms with Gasteiger partial charge in [0.05, 0.1) is 18.3 Å². The van der Waals surface area contributed by atoms with E-state index in [0.29, 0.717) is 56.5 Å². The van der Waals surface area contributed by atoms with E-state index in [0.717, 1.165) is 28.4 Å². The maximum absolute atomic E-state index is 12.8. The van der Waals surface area contributed by atoms with Crippen LogP contribution in [0.3, 0.4) is 0 Å². The fourth-order valence-electron chi connectivity index (χ4n) is 5.12. The van der Waals surface area contributed by atoms with Gasteiger partial charge in [-0.25, -0.2) is 4.98 Å². The molecule has 2 saturated heterocycles. The van der Waals surface area contributed by atoms with Crippen LogP contribution in [-0.2, 0) is 16.1 Å². The molecule has 2 aliphatic rings. The summed E-state index contributed by atoms with van der Waals surface area (Å²) in [6.07, 6.45) is 3.02. The monoisotopic (exact) mass is 473 g/mol. The second-order valence-corrected chi connectivity index (χ2v) is 11.1. The van der Waals surface area contributed by atoms with Gasteiger partial charge in [-0.1, -0.05) is 13.8 Å². The van der Waals surface area contributed by atoms with E-state index in [-0.39, 0.29) is 23.8 Å². The third-order valence-corrected chi connectivity index (χ3v) is 8.14. The number of amides is 2. The van der Waals surface area contributed by atoms with Crippen molar-refractivity contribution in [2.45, 2.75) is 47.1 Å². The van der Waals surface area contributed by atoms with Gasteiger partial charge in [-0.05, 0) is 37.7 Å². The molecule has 4 heterocycles. The van der Waals surface area contributed by atoms with Crippen molar-refractivity contribution in [1.29, 1.82) is 0 Å². The first-order valence-electron chi connectivity index (χ1n) is 12.0. The number of aromatic nitrogens is 2. The second-order valence-electron chi connectivity index (χ2n) is 9.86. The zero-order valence-corrected chi connectivity index (χ0v) is 21.0.